The van der Waals surface area contributed by atoms with Crippen LogP contribution < -0.4 is 15.0 Å². The van der Waals surface area contributed by atoms with E-state index in [1.54, 1.807) is 48.2 Å². The molecule has 4 rings (SSSR count). The Morgan fingerprint density at radius 1 is 1.20 bits per heavy atom. The number of anilines is 2. The molecule has 2 heterocycles. The van der Waals surface area contributed by atoms with Gasteiger partial charge in [-0.1, -0.05) is 12.1 Å². The number of benzene rings is 2. The highest BCUT2D eigenvalue weighted by atomic mass is 19.1. The van der Waals surface area contributed by atoms with Crippen LogP contribution in [0.1, 0.15) is 28.9 Å². The van der Waals surface area contributed by atoms with Gasteiger partial charge in [0.05, 0.1) is 30.3 Å². The number of carbonyl (C=O) groups is 2. The molecule has 0 bridgehead atoms. The van der Waals surface area contributed by atoms with Crippen molar-refractivity contribution in [3.8, 4) is 11.4 Å². The molecule has 8 heteroatoms. The Balaban J connectivity index is 1.57. The largest absolute Gasteiger partial charge is 0.494 e. The molecule has 0 aliphatic carbocycles. The molecule has 7 nitrogen and oxygen atoms in total. The number of aromatic nitrogens is 2. The van der Waals surface area contributed by atoms with Crippen molar-refractivity contribution in [2.75, 3.05) is 23.9 Å². The van der Waals surface area contributed by atoms with E-state index in [-0.39, 0.29) is 17.5 Å². The first-order chi connectivity index (χ1) is 14.5. The molecule has 2 aromatic carbocycles. The van der Waals surface area contributed by atoms with Crippen LogP contribution >= 0.6 is 0 Å². The van der Waals surface area contributed by atoms with E-state index in [1.807, 2.05) is 0 Å². The van der Waals surface area contributed by atoms with Crippen LogP contribution in [0.4, 0.5) is 15.8 Å². The quantitative estimate of drug-likeness (QED) is 0.698. The Morgan fingerprint density at radius 3 is 2.70 bits per heavy atom. The Bertz CT molecular complexity index is 1130. The van der Waals surface area contributed by atoms with Crippen LogP contribution in [0.5, 0.6) is 5.75 Å². The third kappa shape index (κ3) is 3.52. The number of ether oxygens (including phenoxy) is 1. The molecule has 0 saturated carbocycles. The van der Waals surface area contributed by atoms with E-state index in [2.05, 4.69) is 10.4 Å². The van der Waals surface area contributed by atoms with Gasteiger partial charge in [-0.05, 0) is 37.6 Å². The lowest BCUT2D eigenvalue weighted by molar-refractivity contribution is -0.117. The molecule has 1 fully saturated rings. The maximum Gasteiger partial charge on any atom is 0.259 e. The van der Waals surface area contributed by atoms with Crippen LogP contribution in [0.15, 0.2) is 48.7 Å². The summed E-state index contributed by atoms with van der Waals surface area (Å²) in [6.07, 6.45) is 2.74. The van der Waals surface area contributed by atoms with E-state index in [4.69, 9.17) is 4.74 Å². The summed E-state index contributed by atoms with van der Waals surface area (Å²) in [6, 6.07) is 11.4. The van der Waals surface area contributed by atoms with Crippen molar-refractivity contribution in [1.82, 2.24) is 9.78 Å². The first-order valence-electron chi connectivity index (χ1n) is 9.59. The van der Waals surface area contributed by atoms with Crippen LogP contribution in [0.3, 0.4) is 0 Å². The molecule has 1 aromatic heterocycles. The molecule has 1 aliphatic heterocycles. The highest BCUT2D eigenvalue weighted by Gasteiger charge is 2.25. The van der Waals surface area contributed by atoms with Gasteiger partial charge in [0.2, 0.25) is 5.91 Å². The van der Waals surface area contributed by atoms with E-state index in [1.165, 1.54) is 24.1 Å². The first-order valence-corrected chi connectivity index (χ1v) is 9.59. The molecule has 0 atom stereocenters. The van der Waals surface area contributed by atoms with Gasteiger partial charge in [0.25, 0.3) is 5.91 Å². The number of methoxy groups -OCH3 is 1. The number of para-hydroxylation sites is 1. The predicted octanol–water partition coefficient (Wildman–Crippen LogP) is 3.71. The number of hydrogen-bond donors (Lipinski definition) is 1. The van der Waals surface area contributed by atoms with E-state index in [0.29, 0.717) is 41.3 Å². The normalized spacial score (nSPS) is 13.6. The summed E-state index contributed by atoms with van der Waals surface area (Å²) in [5, 5.41) is 6.98. The summed E-state index contributed by atoms with van der Waals surface area (Å²) >= 11 is 0. The fraction of sp³-hybridized carbons (Fsp3) is 0.227. The molecule has 0 radical (unpaired) electrons. The highest BCUT2D eigenvalue weighted by molar-refractivity contribution is 6.05. The third-order valence-electron chi connectivity index (χ3n) is 5.14. The number of nitrogens with one attached hydrogen (secondary N) is 1. The third-order valence-corrected chi connectivity index (χ3v) is 5.14. The maximum absolute atomic E-state index is 14.1. The fourth-order valence-electron chi connectivity index (χ4n) is 3.58. The van der Waals surface area contributed by atoms with E-state index < -0.39 is 5.82 Å². The van der Waals surface area contributed by atoms with Crippen molar-refractivity contribution in [3.63, 3.8) is 0 Å². The van der Waals surface area contributed by atoms with E-state index >= 15 is 0 Å². The smallest absolute Gasteiger partial charge is 0.259 e. The van der Waals surface area contributed by atoms with Crippen molar-refractivity contribution in [1.29, 1.82) is 0 Å². The lowest BCUT2D eigenvalue weighted by atomic mass is 10.2. The molecule has 30 heavy (non-hydrogen) atoms. The van der Waals surface area contributed by atoms with E-state index in [9.17, 15) is 14.0 Å². The maximum atomic E-state index is 14.1. The molecule has 0 spiro atoms. The first kappa shape index (κ1) is 19.6. The van der Waals surface area contributed by atoms with Gasteiger partial charge in [-0.2, -0.15) is 5.10 Å². The Labute approximate surface area is 173 Å². The lowest BCUT2D eigenvalue weighted by Gasteiger charge is -2.19. The lowest BCUT2D eigenvalue weighted by Crippen LogP contribution is -2.24. The molecular weight excluding hydrogens is 387 g/mol. The predicted molar refractivity (Wildman–Crippen MR) is 111 cm³/mol. The van der Waals surface area contributed by atoms with E-state index in [0.717, 1.165) is 6.42 Å². The number of rotatable bonds is 5. The zero-order valence-electron chi connectivity index (χ0n) is 16.7. The second-order valence-corrected chi connectivity index (χ2v) is 7.00. The number of halogens is 1. The Morgan fingerprint density at radius 2 is 2.00 bits per heavy atom. The van der Waals surface area contributed by atoms with Crippen molar-refractivity contribution in [2.24, 2.45) is 0 Å². The second kappa shape index (κ2) is 7.98. The highest BCUT2D eigenvalue weighted by Crippen LogP contribution is 2.34. The van der Waals surface area contributed by atoms with Crippen molar-refractivity contribution >= 4 is 23.2 Å². The van der Waals surface area contributed by atoms with Gasteiger partial charge in [0.15, 0.2) is 0 Å². The van der Waals surface area contributed by atoms with Gasteiger partial charge < -0.3 is 15.0 Å². The van der Waals surface area contributed by atoms with Gasteiger partial charge >= 0.3 is 0 Å². The molecular formula is C22H21FN4O3. The Kier molecular flexibility index (Phi) is 5.22. The molecule has 1 saturated heterocycles. The van der Waals surface area contributed by atoms with Crippen LogP contribution in [0.2, 0.25) is 0 Å². The fourth-order valence-corrected chi connectivity index (χ4v) is 3.58. The summed E-state index contributed by atoms with van der Waals surface area (Å²) in [5.74, 6) is -0.238. The Hall–Kier alpha value is -3.68. The number of nitrogens with zero attached hydrogens (tertiary/aromatic N) is 3. The number of amides is 2. The van der Waals surface area contributed by atoms with Gasteiger partial charge in [-0.25, -0.2) is 9.07 Å². The molecule has 154 valence electrons. The molecule has 2 amide bonds. The van der Waals surface area contributed by atoms with Crippen LogP contribution in [-0.2, 0) is 4.79 Å². The minimum Gasteiger partial charge on any atom is -0.494 e. The molecule has 1 N–H and O–H groups in total. The minimum absolute atomic E-state index is 0.0567. The second-order valence-electron chi connectivity index (χ2n) is 7.00. The average Bonchev–Trinajstić information content (AvgIpc) is 3.34. The standard InChI is InChI=1S/C22H21FN4O3/c1-14-16(13-24-27(14)18-7-4-3-6-17(18)23)22(29)25-15-9-10-19(20(12-15)30-2)26-11-5-8-21(26)28/h3-4,6-7,9-10,12-13H,5,8,11H2,1-2H3,(H,25,29). The zero-order chi connectivity index (χ0) is 21.3. The van der Waals surface area contributed by atoms with Gasteiger partial charge in [-0.3, -0.25) is 9.59 Å². The zero-order valence-corrected chi connectivity index (χ0v) is 16.7. The monoisotopic (exact) mass is 408 g/mol. The van der Waals surface area contributed by atoms with Crippen molar-refractivity contribution in [3.05, 3.63) is 65.7 Å². The SMILES string of the molecule is COc1cc(NC(=O)c2cnn(-c3ccccc3F)c2C)ccc1N1CCCC1=O. The average molecular weight is 408 g/mol. The number of carbonyl (C=O) groups excluding carboxylic acids is 2. The molecule has 3 aromatic rings. The number of hydrogen-bond acceptors (Lipinski definition) is 4. The van der Waals surface area contributed by atoms with Crippen LogP contribution in [0.25, 0.3) is 5.69 Å². The molecule has 0 unspecified atom stereocenters. The van der Waals surface area contributed by atoms with Gasteiger partial charge in [0, 0.05) is 24.7 Å². The van der Waals surface area contributed by atoms with Gasteiger partial charge in [-0.15, -0.1) is 0 Å². The topological polar surface area (TPSA) is 76.5 Å². The summed E-state index contributed by atoms with van der Waals surface area (Å²) in [7, 11) is 1.52. The van der Waals surface area contributed by atoms with Crippen LogP contribution in [0, 0.1) is 12.7 Å². The summed E-state index contributed by atoms with van der Waals surface area (Å²) < 4.78 is 20.9. The minimum atomic E-state index is -0.424. The summed E-state index contributed by atoms with van der Waals surface area (Å²) in [6.45, 7) is 2.35. The summed E-state index contributed by atoms with van der Waals surface area (Å²) in [4.78, 5) is 26.5. The summed E-state index contributed by atoms with van der Waals surface area (Å²) in [5.41, 5.74) is 2.32. The van der Waals surface area contributed by atoms with Crippen molar-refractivity contribution < 1.29 is 18.7 Å². The molecule has 1 aliphatic rings. The van der Waals surface area contributed by atoms with Crippen LogP contribution in [-0.4, -0.2) is 35.2 Å². The van der Waals surface area contributed by atoms with Crippen molar-refractivity contribution in [2.45, 2.75) is 19.8 Å². The van der Waals surface area contributed by atoms with Gasteiger partial charge in [0.1, 0.15) is 17.3 Å².